The number of imide groups is 1. The van der Waals surface area contributed by atoms with E-state index in [9.17, 15) is 22.6 Å². The van der Waals surface area contributed by atoms with Gasteiger partial charge < -0.3 is 0 Å². The summed E-state index contributed by atoms with van der Waals surface area (Å²) in [4.78, 5) is 25.1. The van der Waals surface area contributed by atoms with E-state index in [0.717, 1.165) is 6.07 Å². The molecule has 3 rings (SSSR count). The first-order valence-electron chi connectivity index (χ1n) is 6.47. The number of nitrogens with zero attached hydrogens (tertiary/aromatic N) is 1. The molecule has 2 aromatic carbocycles. The number of anilines is 1. The Balaban J connectivity index is 2.27. The van der Waals surface area contributed by atoms with Crippen LogP contribution in [0.2, 0.25) is 5.02 Å². The SMILES string of the molecule is Cc1cc(S(=O)(=O)O)c(N2C(=O)c3ccccc3C2=O)cc1Cl. The van der Waals surface area contributed by atoms with Gasteiger partial charge in [-0.05, 0) is 36.8 Å². The van der Waals surface area contributed by atoms with Gasteiger partial charge in [-0.15, -0.1) is 0 Å². The van der Waals surface area contributed by atoms with Crippen LogP contribution >= 0.6 is 11.6 Å². The third kappa shape index (κ3) is 2.42. The Labute approximate surface area is 137 Å². The number of amides is 2. The zero-order valence-electron chi connectivity index (χ0n) is 11.8. The van der Waals surface area contributed by atoms with Gasteiger partial charge in [0.2, 0.25) is 0 Å². The quantitative estimate of drug-likeness (QED) is 0.663. The first-order chi connectivity index (χ1) is 10.7. The monoisotopic (exact) mass is 351 g/mol. The first kappa shape index (κ1) is 15.7. The standard InChI is InChI=1S/C15H10ClNO5S/c1-8-6-13(23(20,21)22)12(7-11(8)16)17-14(18)9-4-2-3-5-10(9)15(17)19/h2-7H,1H3,(H,20,21,22). The van der Waals surface area contributed by atoms with E-state index >= 15 is 0 Å². The van der Waals surface area contributed by atoms with Crippen molar-refractivity contribution in [2.45, 2.75) is 11.8 Å². The Morgan fingerprint density at radius 2 is 1.57 bits per heavy atom. The lowest BCUT2D eigenvalue weighted by atomic mass is 10.1. The number of carbonyl (C=O) groups excluding carboxylic acids is 2. The van der Waals surface area contributed by atoms with Crippen LogP contribution in [-0.2, 0) is 10.1 Å². The van der Waals surface area contributed by atoms with E-state index in [1.807, 2.05) is 0 Å². The molecule has 6 nitrogen and oxygen atoms in total. The summed E-state index contributed by atoms with van der Waals surface area (Å²) in [7, 11) is -4.65. The van der Waals surface area contributed by atoms with Gasteiger partial charge in [-0.25, -0.2) is 4.90 Å². The molecule has 2 amide bonds. The fraction of sp³-hybridized carbons (Fsp3) is 0.0667. The molecule has 0 radical (unpaired) electrons. The summed E-state index contributed by atoms with van der Waals surface area (Å²) in [5.41, 5.74) is 0.444. The van der Waals surface area contributed by atoms with Crippen molar-refractivity contribution in [3.8, 4) is 0 Å². The van der Waals surface area contributed by atoms with Crippen LogP contribution in [0.4, 0.5) is 5.69 Å². The molecule has 1 aliphatic rings. The van der Waals surface area contributed by atoms with Crippen LogP contribution in [0.5, 0.6) is 0 Å². The molecule has 23 heavy (non-hydrogen) atoms. The van der Waals surface area contributed by atoms with Gasteiger partial charge in [-0.1, -0.05) is 23.7 Å². The maximum Gasteiger partial charge on any atom is 0.296 e. The minimum atomic E-state index is -4.65. The van der Waals surface area contributed by atoms with Crippen molar-refractivity contribution >= 4 is 39.2 Å². The zero-order valence-corrected chi connectivity index (χ0v) is 13.4. The van der Waals surface area contributed by atoms with E-state index in [1.165, 1.54) is 18.2 Å². The van der Waals surface area contributed by atoms with Crippen molar-refractivity contribution in [3.63, 3.8) is 0 Å². The Kier molecular flexibility index (Phi) is 3.51. The number of halogens is 1. The lowest BCUT2D eigenvalue weighted by molar-refractivity contribution is 0.0925. The van der Waals surface area contributed by atoms with Crippen molar-refractivity contribution in [1.29, 1.82) is 0 Å². The van der Waals surface area contributed by atoms with Crippen molar-refractivity contribution in [1.82, 2.24) is 0 Å². The van der Waals surface area contributed by atoms with Gasteiger partial charge in [0.25, 0.3) is 21.9 Å². The van der Waals surface area contributed by atoms with Crippen molar-refractivity contribution in [2.75, 3.05) is 4.90 Å². The number of fused-ring (bicyclic) bond motifs is 1. The molecule has 8 heteroatoms. The number of benzene rings is 2. The highest BCUT2D eigenvalue weighted by Crippen LogP contribution is 2.36. The predicted octanol–water partition coefficient (Wildman–Crippen LogP) is 2.70. The third-order valence-corrected chi connectivity index (χ3v) is 4.84. The van der Waals surface area contributed by atoms with Crippen LogP contribution in [0.1, 0.15) is 26.3 Å². The highest BCUT2D eigenvalue weighted by molar-refractivity contribution is 7.86. The average molecular weight is 352 g/mol. The zero-order chi connectivity index (χ0) is 16.9. The Bertz CT molecular complexity index is 933. The Morgan fingerprint density at radius 1 is 1.04 bits per heavy atom. The van der Waals surface area contributed by atoms with Gasteiger partial charge in [0.05, 0.1) is 16.8 Å². The molecule has 0 unspecified atom stereocenters. The largest absolute Gasteiger partial charge is 0.296 e. The number of aryl methyl sites for hydroxylation is 1. The second kappa shape index (κ2) is 5.16. The van der Waals surface area contributed by atoms with Crippen LogP contribution in [0, 0.1) is 6.92 Å². The minimum Gasteiger partial charge on any atom is -0.282 e. The molecule has 0 aromatic heterocycles. The molecular weight excluding hydrogens is 342 g/mol. The van der Waals surface area contributed by atoms with Gasteiger partial charge in [0.15, 0.2) is 0 Å². The Morgan fingerprint density at radius 3 is 2.04 bits per heavy atom. The molecule has 1 aliphatic heterocycles. The second-order valence-corrected chi connectivity index (χ2v) is 6.83. The van der Waals surface area contributed by atoms with E-state index < -0.39 is 26.8 Å². The topological polar surface area (TPSA) is 91.8 Å². The van der Waals surface area contributed by atoms with Crippen molar-refractivity contribution in [3.05, 3.63) is 58.1 Å². The number of hydrogen-bond donors (Lipinski definition) is 1. The fourth-order valence-corrected chi connectivity index (χ4v) is 3.33. The molecule has 0 saturated carbocycles. The molecule has 0 aliphatic carbocycles. The number of carbonyl (C=O) groups is 2. The summed E-state index contributed by atoms with van der Waals surface area (Å²) in [5.74, 6) is -1.34. The van der Waals surface area contributed by atoms with Crippen LogP contribution < -0.4 is 4.90 Å². The van der Waals surface area contributed by atoms with Gasteiger partial charge in [0.1, 0.15) is 4.90 Å². The third-order valence-electron chi connectivity index (χ3n) is 3.55. The maximum atomic E-state index is 12.5. The van der Waals surface area contributed by atoms with Crippen LogP contribution in [0.25, 0.3) is 0 Å². The van der Waals surface area contributed by atoms with E-state index in [0.29, 0.717) is 10.5 Å². The molecular formula is C15H10ClNO5S. The fourth-order valence-electron chi connectivity index (χ4n) is 2.43. The molecule has 0 fully saturated rings. The molecule has 0 saturated heterocycles. The van der Waals surface area contributed by atoms with Crippen molar-refractivity contribution in [2.24, 2.45) is 0 Å². The molecule has 0 bridgehead atoms. The number of hydrogen-bond acceptors (Lipinski definition) is 4. The van der Waals surface area contributed by atoms with Crippen LogP contribution in [0.3, 0.4) is 0 Å². The maximum absolute atomic E-state index is 12.5. The lowest BCUT2D eigenvalue weighted by Gasteiger charge is -2.18. The van der Waals surface area contributed by atoms with Gasteiger partial charge >= 0.3 is 0 Å². The second-order valence-electron chi connectivity index (χ2n) is 5.04. The normalized spacial score (nSPS) is 14.3. The Hall–Kier alpha value is -2.22. The van der Waals surface area contributed by atoms with Crippen molar-refractivity contribution < 1.29 is 22.6 Å². The molecule has 1 N–H and O–H groups in total. The summed E-state index contributed by atoms with van der Waals surface area (Å²) in [6, 6.07) is 8.44. The number of rotatable bonds is 2. The van der Waals surface area contributed by atoms with Gasteiger partial charge in [0, 0.05) is 5.02 Å². The summed E-state index contributed by atoms with van der Waals surface area (Å²) >= 11 is 6.00. The highest BCUT2D eigenvalue weighted by atomic mass is 35.5. The molecule has 2 aromatic rings. The molecule has 1 heterocycles. The smallest absolute Gasteiger partial charge is 0.282 e. The average Bonchev–Trinajstić information content (AvgIpc) is 2.73. The van der Waals surface area contributed by atoms with E-state index in [2.05, 4.69) is 0 Å². The summed E-state index contributed by atoms with van der Waals surface area (Å²) < 4.78 is 32.7. The molecule has 0 atom stereocenters. The van der Waals surface area contributed by atoms with Crippen LogP contribution in [0.15, 0.2) is 41.3 Å². The predicted molar refractivity (Wildman–Crippen MR) is 83.6 cm³/mol. The molecule has 0 spiro atoms. The molecule has 118 valence electrons. The minimum absolute atomic E-state index is 0.162. The van der Waals surface area contributed by atoms with E-state index in [-0.39, 0.29) is 21.8 Å². The summed E-state index contributed by atoms with van der Waals surface area (Å²) in [6.45, 7) is 1.54. The van der Waals surface area contributed by atoms with Crippen LogP contribution in [-0.4, -0.2) is 24.8 Å². The van der Waals surface area contributed by atoms with E-state index in [4.69, 9.17) is 11.6 Å². The highest BCUT2D eigenvalue weighted by Gasteiger charge is 2.39. The van der Waals surface area contributed by atoms with E-state index in [1.54, 1.807) is 19.1 Å². The summed E-state index contributed by atoms with van der Waals surface area (Å²) in [6.07, 6.45) is 0. The van der Waals surface area contributed by atoms with Gasteiger partial charge in [-0.3, -0.25) is 14.1 Å². The summed E-state index contributed by atoms with van der Waals surface area (Å²) in [5, 5.41) is 0.170. The lowest BCUT2D eigenvalue weighted by Crippen LogP contribution is -2.31. The first-order valence-corrected chi connectivity index (χ1v) is 8.29. The van der Waals surface area contributed by atoms with Gasteiger partial charge in [-0.2, -0.15) is 8.42 Å².